The van der Waals surface area contributed by atoms with E-state index in [9.17, 15) is 25.2 Å². The van der Waals surface area contributed by atoms with Crippen LogP contribution in [0.25, 0.3) is 0 Å². The lowest BCUT2D eigenvalue weighted by molar-refractivity contribution is -0.320. The van der Waals surface area contributed by atoms with E-state index in [4.69, 9.17) is 23.7 Å². The number of rotatable bonds is 8. The minimum atomic E-state index is -1.86. The largest absolute Gasteiger partial charge is 0.455 e. The summed E-state index contributed by atoms with van der Waals surface area (Å²) < 4.78 is 30.5. The Morgan fingerprint density at radius 2 is 1.72 bits per heavy atom. The van der Waals surface area contributed by atoms with Gasteiger partial charge in [0.1, 0.15) is 29.5 Å². The minimum absolute atomic E-state index is 0.106. The van der Waals surface area contributed by atoms with Gasteiger partial charge in [0.05, 0.1) is 30.5 Å². The number of aliphatic hydroxyl groups excluding tert-OH is 2. The smallest absolute Gasteiger partial charge is 0.338 e. The maximum atomic E-state index is 13.6. The molecule has 0 aromatic heterocycles. The first kappa shape index (κ1) is 30.0. The molecule has 11 heteroatoms. The summed E-state index contributed by atoms with van der Waals surface area (Å²) in [6.07, 6.45) is -5.27. The Kier molecular flexibility index (Phi) is 6.92. The van der Waals surface area contributed by atoms with Crippen molar-refractivity contribution >= 4 is 5.97 Å². The Balaban J connectivity index is 1.48. The maximum Gasteiger partial charge on any atom is 0.338 e. The molecule has 43 heavy (non-hydrogen) atoms. The van der Waals surface area contributed by atoms with Crippen molar-refractivity contribution in [2.24, 2.45) is 34.5 Å². The van der Waals surface area contributed by atoms with E-state index in [0.29, 0.717) is 25.1 Å². The fraction of sp³-hybridized carbons (Fsp3) is 0.781. The number of benzene rings is 1. The van der Waals surface area contributed by atoms with E-state index in [-0.39, 0.29) is 25.0 Å². The summed E-state index contributed by atoms with van der Waals surface area (Å²) in [5, 5.41) is 49.7. The molecule has 7 bridgehead atoms. The van der Waals surface area contributed by atoms with Crippen molar-refractivity contribution in [3.8, 4) is 0 Å². The van der Waals surface area contributed by atoms with E-state index >= 15 is 0 Å². The second kappa shape index (κ2) is 9.91. The average Bonchev–Trinajstić information content (AvgIpc) is 3.39. The number of methoxy groups -OCH3 is 4. The van der Waals surface area contributed by atoms with Crippen LogP contribution >= 0.6 is 0 Å². The van der Waals surface area contributed by atoms with Gasteiger partial charge >= 0.3 is 5.97 Å². The molecule has 0 radical (unpaired) electrons. The molecular formula is C32H45NO10. The molecule has 1 saturated heterocycles. The number of hydrogen-bond acceptors (Lipinski definition) is 11. The third kappa shape index (κ3) is 3.28. The van der Waals surface area contributed by atoms with Gasteiger partial charge in [-0.2, -0.15) is 0 Å². The van der Waals surface area contributed by atoms with Crippen molar-refractivity contribution in [3.63, 3.8) is 0 Å². The minimum Gasteiger partial charge on any atom is -0.455 e. The highest BCUT2D eigenvalue weighted by atomic mass is 16.6. The van der Waals surface area contributed by atoms with Gasteiger partial charge in [0.15, 0.2) is 0 Å². The van der Waals surface area contributed by atoms with Gasteiger partial charge in [-0.15, -0.1) is 0 Å². The first-order valence-electron chi connectivity index (χ1n) is 15.5. The lowest BCUT2D eigenvalue weighted by Gasteiger charge is -2.70. The zero-order valence-electron chi connectivity index (χ0n) is 25.5. The average molecular weight is 604 g/mol. The Bertz CT molecular complexity index is 1250. The lowest BCUT2D eigenvalue weighted by Crippen LogP contribution is -2.81. The van der Waals surface area contributed by atoms with Crippen molar-refractivity contribution in [2.75, 3.05) is 48.1 Å². The highest BCUT2D eigenvalue weighted by Gasteiger charge is 2.91. The monoisotopic (exact) mass is 603 g/mol. The summed E-state index contributed by atoms with van der Waals surface area (Å²) >= 11 is 0. The second-order valence-electron chi connectivity index (χ2n) is 13.9. The molecule has 1 aromatic carbocycles. The molecule has 1 aromatic rings. The zero-order valence-corrected chi connectivity index (χ0v) is 25.5. The van der Waals surface area contributed by atoms with Crippen molar-refractivity contribution in [2.45, 2.75) is 73.6 Å². The first-order chi connectivity index (χ1) is 20.6. The molecule has 0 amide bonds. The van der Waals surface area contributed by atoms with E-state index in [2.05, 4.69) is 11.8 Å². The van der Waals surface area contributed by atoms with Gasteiger partial charge in [-0.05, 0) is 31.0 Å². The number of hydrogen-bond donors (Lipinski definition) is 4. The third-order valence-electron chi connectivity index (χ3n) is 12.9. The van der Waals surface area contributed by atoms with Crippen LogP contribution in [0.3, 0.4) is 0 Å². The number of fused-ring (bicyclic) bond motifs is 2. The van der Waals surface area contributed by atoms with Crippen LogP contribution in [-0.2, 0) is 23.7 Å². The molecule has 11 nitrogen and oxygen atoms in total. The van der Waals surface area contributed by atoms with Gasteiger partial charge < -0.3 is 44.1 Å². The molecule has 6 fully saturated rings. The summed E-state index contributed by atoms with van der Waals surface area (Å²) in [4.78, 5) is 15.8. The van der Waals surface area contributed by atoms with Crippen LogP contribution in [0.5, 0.6) is 0 Å². The van der Waals surface area contributed by atoms with E-state index in [1.807, 2.05) is 0 Å². The van der Waals surface area contributed by atoms with Crippen LogP contribution in [0.15, 0.2) is 30.3 Å². The summed E-state index contributed by atoms with van der Waals surface area (Å²) in [6, 6.07) is 8.25. The molecule has 238 valence electrons. The van der Waals surface area contributed by atoms with E-state index < -0.39 is 82.4 Å². The highest BCUT2D eigenvalue weighted by Crippen LogP contribution is 2.80. The summed E-state index contributed by atoms with van der Waals surface area (Å²) in [6.45, 7) is 3.46. The molecule has 15 atom stereocenters. The van der Waals surface area contributed by atoms with Gasteiger partial charge in [0.2, 0.25) is 0 Å². The third-order valence-corrected chi connectivity index (χ3v) is 12.9. The standard InChI is InChI=1S/C32H45NO10/c1-6-33-14-29(15-39-2)18(34)12-19(40-3)31-17-13-30(37)26(43-28(36)16-10-8-7-9-11-16)20(17)32(38,25(35)27(30)42-5)21(24(31)33)22(41-4)23(29)31/h7-11,17-27,34-35,37-38H,6,12-15H2,1-5H3/t17?,18-,19+,20-,21?,22+,23?,24-,25+,26-,27+,29+,30?,31+,32-/m1/s1. The van der Waals surface area contributed by atoms with Crippen molar-refractivity contribution in [1.29, 1.82) is 0 Å². The van der Waals surface area contributed by atoms with Crippen molar-refractivity contribution in [3.05, 3.63) is 35.9 Å². The molecule has 7 rings (SSSR count). The van der Waals surface area contributed by atoms with Crippen LogP contribution in [0.4, 0.5) is 0 Å². The van der Waals surface area contributed by atoms with Gasteiger partial charge in [-0.1, -0.05) is 25.1 Å². The molecule has 5 aliphatic carbocycles. The van der Waals surface area contributed by atoms with E-state index in [0.717, 1.165) is 0 Å². The number of carbonyl (C=O) groups is 1. The molecule has 1 spiro atoms. The number of likely N-dealkylation sites (tertiary alicyclic amines) is 1. The molecule has 4 N–H and O–H groups in total. The van der Waals surface area contributed by atoms with Gasteiger partial charge in [0, 0.05) is 76.0 Å². The predicted octanol–water partition coefficient (Wildman–Crippen LogP) is 0.0773. The Labute approximate surface area is 252 Å². The zero-order chi connectivity index (χ0) is 30.7. The SMILES string of the molecule is CCN1C[C@@]2(COC)C3[C@@H](OC)C4[C@@H]1[C@@]3(C1CC3(O)[C@H](OC(=O)c5ccccc5)[C@@H]1[C@]4(O)[C@@H](O)[C@@H]3OC)[C@@H](OC)C[C@H]2O. The fourth-order valence-electron chi connectivity index (χ4n) is 11.9. The van der Waals surface area contributed by atoms with Crippen LogP contribution in [0.1, 0.15) is 30.1 Å². The normalized spacial score (nSPS) is 52.7. The van der Waals surface area contributed by atoms with Crippen LogP contribution in [0.2, 0.25) is 0 Å². The Morgan fingerprint density at radius 1 is 1.00 bits per heavy atom. The van der Waals surface area contributed by atoms with Gasteiger partial charge in [0.25, 0.3) is 0 Å². The number of ether oxygens (including phenoxy) is 5. The first-order valence-corrected chi connectivity index (χ1v) is 15.5. The molecule has 6 aliphatic rings. The molecule has 1 heterocycles. The number of aliphatic hydroxyl groups is 4. The van der Waals surface area contributed by atoms with Crippen LogP contribution < -0.4 is 0 Å². The topological polar surface area (TPSA) is 147 Å². The number of carbonyl (C=O) groups excluding carboxylic acids is 1. The van der Waals surface area contributed by atoms with Gasteiger partial charge in [-0.3, -0.25) is 4.90 Å². The Morgan fingerprint density at radius 3 is 2.33 bits per heavy atom. The predicted molar refractivity (Wildman–Crippen MR) is 151 cm³/mol. The van der Waals surface area contributed by atoms with E-state index in [1.54, 1.807) is 51.7 Å². The van der Waals surface area contributed by atoms with Crippen molar-refractivity contribution < 1.29 is 48.9 Å². The summed E-state index contributed by atoms with van der Waals surface area (Å²) in [7, 11) is 6.29. The van der Waals surface area contributed by atoms with Crippen LogP contribution in [-0.4, -0.2) is 133 Å². The molecular weight excluding hydrogens is 558 g/mol. The molecule has 1 aliphatic heterocycles. The summed E-state index contributed by atoms with van der Waals surface area (Å²) in [5.74, 6) is -2.94. The number of esters is 1. The quantitative estimate of drug-likeness (QED) is 0.300. The number of nitrogens with zero attached hydrogens (tertiary/aromatic N) is 1. The second-order valence-corrected chi connectivity index (χ2v) is 13.9. The van der Waals surface area contributed by atoms with Crippen LogP contribution in [0, 0.1) is 34.5 Å². The van der Waals surface area contributed by atoms with Gasteiger partial charge in [-0.25, -0.2) is 4.79 Å². The van der Waals surface area contributed by atoms with Crippen molar-refractivity contribution in [1.82, 2.24) is 4.90 Å². The Hall–Kier alpha value is -1.67. The summed E-state index contributed by atoms with van der Waals surface area (Å²) in [5.41, 5.74) is -4.81. The molecule has 5 saturated carbocycles. The highest BCUT2D eigenvalue weighted by molar-refractivity contribution is 5.89. The number of piperidine rings is 1. The lowest BCUT2D eigenvalue weighted by atomic mass is 9.42. The maximum absolute atomic E-state index is 13.6. The fourth-order valence-corrected chi connectivity index (χ4v) is 11.9. The van der Waals surface area contributed by atoms with E-state index in [1.165, 1.54) is 7.11 Å². The molecule has 4 unspecified atom stereocenters.